The maximum atomic E-state index is 12.3. The van der Waals surface area contributed by atoms with Gasteiger partial charge in [0.15, 0.2) is 0 Å². The van der Waals surface area contributed by atoms with E-state index < -0.39 is 24.4 Å². The van der Waals surface area contributed by atoms with E-state index in [1.807, 2.05) is 0 Å². The predicted octanol–water partition coefficient (Wildman–Crippen LogP) is 2.64. The van der Waals surface area contributed by atoms with Gasteiger partial charge < -0.3 is 15.2 Å². The zero-order valence-electron chi connectivity index (χ0n) is 11.3. The lowest BCUT2D eigenvalue weighted by molar-refractivity contribution is -0.141. The molecule has 2 rings (SSSR count). The fourth-order valence-electron chi connectivity index (χ4n) is 2.42. The number of hydrogen-bond acceptors (Lipinski definition) is 4. The number of ether oxygens (including phenoxy) is 1. The summed E-state index contributed by atoms with van der Waals surface area (Å²) in [7, 11) is 0. The van der Waals surface area contributed by atoms with Crippen LogP contribution in [-0.4, -0.2) is 29.6 Å². The molecule has 1 saturated carbocycles. The summed E-state index contributed by atoms with van der Waals surface area (Å²) in [4.78, 5) is 23.8. The molecule has 5 nitrogen and oxygen atoms in total. The number of aliphatic carboxylic acids is 1. The van der Waals surface area contributed by atoms with Crippen LogP contribution in [0.15, 0.2) is 6.07 Å². The van der Waals surface area contributed by atoms with Crippen LogP contribution in [0.4, 0.5) is 8.78 Å². The lowest BCUT2D eigenvalue weighted by atomic mass is 10.1. The number of thiophene rings is 1. The van der Waals surface area contributed by atoms with E-state index in [1.165, 1.54) is 6.07 Å². The van der Waals surface area contributed by atoms with Gasteiger partial charge in [-0.3, -0.25) is 9.59 Å². The Morgan fingerprint density at radius 2 is 2.19 bits per heavy atom. The zero-order valence-corrected chi connectivity index (χ0v) is 12.1. The molecule has 8 heteroatoms. The first kappa shape index (κ1) is 15.7. The van der Waals surface area contributed by atoms with Gasteiger partial charge in [-0.15, -0.1) is 11.3 Å². The number of halogens is 2. The molecule has 0 bridgehead atoms. The fourth-order valence-corrected chi connectivity index (χ4v) is 3.27. The lowest BCUT2D eigenvalue weighted by Crippen LogP contribution is -2.33. The Hall–Kier alpha value is -1.70. The number of carbonyl (C=O) groups is 2. The van der Waals surface area contributed by atoms with Gasteiger partial charge in [0, 0.05) is 10.9 Å². The highest BCUT2D eigenvalue weighted by Crippen LogP contribution is 2.31. The van der Waals surface area contributed by atoms with Crippen LogP contribution in [-0.2, 0) is 4.79 Å². The van der Waals surface area contributed by atoms with E-state index in [1.54, 1.807) is 6.92 Å². The minimum Gasteiger partial charge on any atom is -0.481 e. The van der Waals surface area contributed by atoms with Gasteiger partial charge in [0.1, 0.15) is 10.6 Å². The largest absolute Gasteiger partial charge is 0.481 e. The van der Waals surface area contributed by atoms with Gasteiger partial charge in [-0.2, -0.15) is 8.78 Å². The average molecular weight is 319 g/mol. The SMILES string of the molecule is Cc1cc(OC(F)F)c(C(=O)N[C@H]2CC[C@@H](C(=O)O)C2)s1. The van der Waals surface area contributed by atoms with Crippen molar-refractivity contribution in [2.45, 2.75) is 38.8 Å². The molecule has 1 heterocycles. The number of carboxylic acids is 1. The Morgan fingerprint density at radius 1 is 1.48 bits per heavy atom. The molecule has 0 aromatic carbocycles. The summed E-state index contributed by atoms with van der Waals surface area (Å²) in [5.41, 5.74) is 0. The minimum atomic E-state index is -2.99. The van der Waals surface area contributed by atoms with Crippen molar-refractivity contribution in [1.82, 2.24) is 5.32 Å². The molecule has 0 aliphatic heterocycles. The zero-order chi connectivity index (χ0) is 15.6. The monoisotopic (exact) mass is 319 g/mol. The highest BCUT2D eigenvalue weighted by atomic mass is 32.1. The van der Waals surface area contributed by atoms with E-state index >= 15 is 0 Å². The molecule has 0 spiro atoms. The van der Waals surface area contributed by atoms with Crippen molar-refractivity contribution in [3.8, 4) is 5.75 Å². The molecule has 116 valence electrons. The summed E-state index contributed by atoms with van der Waals surface area (Å²) < 4.78 is 28.9. The molecular weight excluding hydrogens is 304 g/mol. The van der Waals surface area contributed by atoms with Crippen LogP contribution in [0.5, 0.6) is 5.75 Å². The first-order chi connectivity index (χ1) is 9.86. The van der Waals surface area contributed by atoms with E-state index in [9.17, 15) is 18.4 Å². The maximum Gasteiger partial charge on any atom is 0.387 e. The van der Waals surface area contributed by atoms with Crippen LogP contribution in [0.3, 0.4) is 0 Å². The summed E-state index contributed by atoms with van der Waals surface area (Å²) in [6.07, 6.45) is 1.43. The number of aryl methyl sites for hydroxylation is 1. The van der Waals surface area contributed by atoms with Crippen molar-refractivity contribution in [2.75, 3.05) is 0 Å². The van der Waals surface area contributed by atoms with Gasteiger partial charge in [-0.05, 0) is 32.3 Å². The van der Waals surface area contributed by atoms with Crippen molar-refractivity contribution in [3.05, 3.63) is 15.8 Å². The second-order valence-electron chi connectivity index (χ2n) is 4.95. The number of carboxylic acid groups (broad SMARTS) is 1. The van der Waals surface area contributed by atoms with Crippen LogP contribution < -0.4 is 10.1 Å². The third kappa shape index (κ3) is 3.90. The number of amides is 1. The Bertz CT molecular complexity index is 546. The fraction of sp³-hybridized carbons (Fsp3) is 0.538. The van der Waals surface area contributed by atoms with E-state index in [0.29, 0.717) is 24.1 Å². The molecular formula is C13H15F2NO4S. The molecule has 21 heavy (non-hydrogen) atoms. The molecule has 1 aromatic rings. The summed E-state index contributed by atoms with van der Waals surface area (Å²) in [5.74, 6) is -1.98. The van der Waals surface area contributed by atoms with Crippen molar-refractivity contribution in [1.29, 1.82) is 0 Å². The Labute approximate surface area is 123 Å². The first-order valence-electron chi connectivity index (χ1n) is 6.45. The summed E-state index contributed by atoms with van der Waals surface area (Å²) in [6, 6.07) is 1.14. The van der Waals surface area contributed by atoms with Crippen molar-refractivity contribution >= 4 is 23.2 Å². The summed E-state index contributed by atoms with van der Waals surface area (Å²) in [6.45, 7) is -1.30. The lowest BCUT2D eigenvalue weighted by Gasteiger charge is -2.12. The smallest absolute Gasteiger partial charge is 0.387 e. The number of hydrogen-bond donors (Lipinski definition) is 2. The predicted molar refractivity (Wildman–Crippen MR) is 71.9 cm³/mol. The molecule has 1 aliphatic carbocycles. The van der Waals surface area contributed by atoms with Crippen molar-refractivity contribution in [3.63, 3.8) is 0 Å². The molecule has 1 fully saturated rings. The van der Waals surface area contributed by atoms with E-state index in [0.717, 1.165) is 11.3 Å². The molecule has 0 unspecified atom stereocenters. The topological polar surface area (TPSA) is 75.6 Å². The van der Waals surface area contributed by atoms with Crippen LogP contribution in [0.1, 0.15) is 33.8 Å². The van der Waals surface area contributed by atoms with Gasteiger partial charge in [0.2, 0.25) is 0 Å². The van der Waals surface area contributed by atoms with E-state index in [-0.39, 0.29) is 16.7 Å². The first-order valence-corrected chi connectivity index (χ1v) is 7.27. The maximum absolute atomic E-state index is 12.3. The second kappa shape index (κ2) is 6.38. The molecule has 2 atom stereocenters. The van der Waals surface area contributed by atoms with Gasteiger partial charge in [0.25, 0.3) is 5.91 Å². The van der Waals surface area contributed by atoms with Crippen LogP contribution in [0, 0.1) is 12.8 Å². The van der Waals surface area contributed by atoms with Crippen molar-refractivity contribution < 1.29 is 28.2 Å². The normalized spacial score (nSPS) is 21.5. The standard InChI is InChI=1S/C13H15F2NO4S/c1-6-4-9(20-13(14)15)10(21-6)11(17)16-8-3-2-7(5-8)12(18)19/h4,7-8,13H,2-3,5H2,1H3,(H,16,17)(H,18,19)/t7-,8+/m1/s1. The summed E-state index contributed by atoms with van der Waals surface area (Å²) >= 11 is 1.07. The van der Waals surface area contributed by atoms with Crippen LogP contribution in [0.25, 0.3) is 0 Å². The van der Waals surface area contributed by atoms with Gasteiger partial charge in [-0.25, -0.2) is 0 Å². The second-order valence-corrected chi connectivity index (χ2v) is 6.20. The Morgan fingerprint density at radius 3 is 2.76 bits per heavy atom. The Kier molecular flexibility index (Phi) is 4.76. The number of rotatable bonds is 5. The van der Waals surface area contributed by atoms with E-state index in [2.05, 4.69) is 10.1 Å². The molecule has 1 amide bonds. The molecule has 0 radical (unpaired) electrons. The van der Waals surface area contributed by atoms with Crippen molar-refractivity contribution in [2.24, 2.45) is 5.92 Å². The highest BCUT2D eigenvalue weighted by molar-refractivity contribution is 7.14. The van der Waals surface area contributed by atoms with E-state index in [4.69, 9.17) is 5.11 Å². The van der Waals surface area contributed by atoms with Gasteiger partial charge >= 0.3 is 12.6 Å². The van der Waals surface area contributed by atoms with Crippen LogP contribution in [0.2, 0.25) is 0 Å². The van der Waals surface area contributed by atoms with Crippen LogP contribution >= 0.6 is 11.3 Å². The highest BCUT2D eigenvalue weighted by Gasteiger charge is 2.31. The Balaban J connectivity index is 2.02. The summed E-state index contributed by atoms with van der Waals surface area (Å²) in [5, 5.41) is 11.6. The van der Waals surface area contributed by atoms with Gasteiger partial charge in [0.05, 0.1) is 5.92 Å². The molecule has 1 aliphatic rings. The number of alkyl halides is 2. The number of nitrogens with one attached hydrogen (secondary N) is 1. The third-order valence-electron chi connectivity index (χ3n) is 3.36. The number of carbonyl (C=O) groups excluding carboxylic acids is 1. The molecule has 2 N–H and O–H groups in total. The minimum absolute atomic E-state index is 0.0894. The molecule has 1 aromatic heterocycles. The average Bonchev–Trinajstić information content (AvgIpc) is 2.95. The molecule has 0 saturated heterocycles. The third-order valence-corrected chi connectivity index (χ3v) is 4.39. The quantitative estimate of drug-likeness (QED) is 0.875. The van der Waals surface area contributed by atoms with Gasteiger partial charge in [-0.1, -0.05) is 0 Å².